The third kappa shape index (κ3) is 7.36. The number of hydrogen-bond donors (Lipinski definition) is 1. The van der Waals surface area contributed by atoms with Gasteiger partial charge in [0.1, 0.15) is 17.7 Å². The zero-order valence-corrected chi connectivity index (χ0v) is 20.6. The van der Waals surface area contributed by atoms with E-state index in [4.69, 9.17) is 11.6 Å². The maximum atomic E-state index is 14.5. The van der Waals surface area contributed by atoms with E-state index >= 15 is 0 Å². The van der Waals surface area contributed by atoms with E-state index in [9.17, 15) is 18.4 Å². The predicted octanol–water partition coefficient (Wildman–Crippen LogP) is 5.72. The minimum atomic E-state index is -0.866. The van der Waals surface area contributed by atoms with Crippen LogP contribution in [0.5, 0.6) is 0 Å². The number of benzene rings is 3. The van der Waals surface area contributed by atoms with Crippen molar-refractivity contribution in [3.63, 3.8) is 0 Å². The van der Waals surface area contributed by atoms with Crippen molar-refractivity contribution in [1.29, 1.82) is 0 Å². The van der Waals surface area contributed by atoms with Gasteiger partial charge in [0.25, 0.3) is 0 Å². The summed E-state index contributed by atoms with van der Waals surface area (Å²) in [5.74, 6) is -1.75. The molecule has 7 heteroatoms. The standard InChI is InChI=1S/C28H29ClF2N2O2/c1-3-19(2)32-28(35)26(16-20-8-5-4-6-9-20)33(18-21-12-14-22(30)15-13-21)27(34)17-23-24(29)10-7-11-25(23)31/h4-15,19,26H,3,16-18H2,1-2H3,(H,32,35). The Morgan fingerprint density at radius 2 is 1.63 bits per heavy atom. The first-order valence-electron chi connectivity index (χ1n) is 11.6. The van der Waals surface area contributed by atoms with Gasteiger partial charge in [-0.05, 0) is 48.7 Å². The summed E-state index contributed by atoms with van der Waals surface area (Å²) in [6.45, 7) is 3.90. The second-order valence-corrected chi connectivity index (χ2v) is 8.96. The van der Waals surface area contributed by atoms with E-state index in [1.807, 2.05) is 44.2 Å². The second kappa shape index (κ2) is 12.5. The van der Waals surface area contributed by atoms with Gasteiger partial charge < -0.3 is 10.2 Å². The first-order chi connectivity index (χ1) is 16.8. The van der Waals surface area contributed by atoms with Crippen molar-refractivity contribution in [2.24, 2.45) is 0 Å². The molecule has 0 aliphatic carbocycles. The molecule has 0 bridgehead atoms. The molecule has 0 saturated carbocycles. The van der Waals surface area contributed by atoms with Crippen LogP contribution < -0.4 is 5.32 Å². The average Bonchev–Trinajstić information content (AvgIpc) is 2.85. The van der Waals surface area contributed by atoms with E-state index in [0.29, 0.717) is 5.56 Å². The fourth-order valence-corrected chi connectivity index (χ4v) is 3.97. The van der Waals surface area contributed by atoms with Crippen LogP contribution in [0.2, 0.25) is 5.02 Å². The lowest BCUT2D eigenvalue weighted by atomic mass is 10.0. The highest BCUT2D eigenvalue weighted by atomic mass is 35.5. The van der Waals surface area contributed by atoms with Crippen molar-refractivity contribution in [1.82, 2.24) is 10.2 Å². The molecule has 0 aliphatic rings. The minimum Gasteiger partial charge on any atom is -0.352 e. The number of nitrogens with one attached hydrogen (secondary N) is 1. The lowest BCUT2D eigenvalue weighted by Gasteiger charge is -2.32. The summed E-state index contributed by atoms with van der Waals surface area (Å²) < 4.78 is 28.0. The quantitative estimate of drug-likeness (QED) is 0.389. The van der Waals surface area contributed by atoms with Crippen molar-refractivity contribution in [3.8, 4) is 0 Å². The van der Waals surface area contributed by atoms with Crippen LogP contribution in [-0.4, -0.2) is 28.8 Å². The van der Waals surface area contributed by atoms with Gasteiger partial charge in [-0.25, -0.2) is 8.78 Å². The molecule has 3 rings (SSSR count). The van der Waals surface area contributed by atoms with Crippen molar-refractivity contribution in [2.45, 2.75) is 51.7 Å². The van der Waals surface area contributed by atoms with Crippen molar-refractivity contribution in [3.05, 3.63) is 106 Å². The summed E-state index contributed by atoms with van der Waals surface area (Å²) >= 11 is 6.18. The van der Waals surface area contributed by atoms with Gasteiger partial charge in [-0.2, -0.15) is 0 Å². The summed E-state index contributed by atoms with van der Waals surface area (Å²) in [6.07, 6.45) is 0.677. The lowest BCUT2D eigenvalue weighted by molar-refractivity contribution is -0.141. The van der Waals surface area contributed by atoms with Crippen LogP contribution in [0.4, 0.5) is 8.78 Å². The SMILES string of the molecule is CCC(C)NC(=O)C(Cc1ccccc1)N(Cc1ccc(F)cc1)C(=O)Cc1c(F)cccc1Cl. The van der Waals surface area contributed by atoms with Gasteiger partial charge in [0.2, 0.25) is 11.8 Å². The molecule has 4 nitrogen and oxygen atoms in total. The first kappa shape index (κ1) is 26.4. The number of carbonyl (C=O) groups excluding carboxylic acids is 2. The van der Waals surface area contributed by atoms with Crippen molar-refractivity contribution >= 4 is 23.4 Å². The Kier molecular flexibility index (Phi) is 9.38. The Morgan fingerprint density at radius 3 is 2.26 bits per heavy atom. The van der Waals surface area contributed by atoms with E-state index < -0.39 is 23.6 Å². The van der Waals surface area contributed by atoms with Gasteiger partial charge in [0.05, 0.1) is 6.42 Å². The largest absolute Gasteiger partial charge is 0.352 e. The maximum absolute atomic E-state index is 14.5. The van der Waals surface area contributed by atoms with Gasteiger partial charge in [0, 0.05) is 29.6 Å². The summed E-state index contributed by atoms with van der Waals surface area (Å²) in [5, 5.41) is 3.12. The highest BCUT2D eigenvalue weighted by molar-refractivity contribution is 6.31. The number of nitrogens with zero attached hydrogens (tertiary/aromatic N) is 1. The topological polar surface area (TPSA) is 49.4 Å². The molecule has 0 saturated heterocycles. The molecule has 0 fully saturated rings. The Balaban J connectivity index is 2.00. The van der Waals surface area contributed by atoms with Crippen LogP contribution in [0.3, 0.4) is 0 Å². The van der Waals surface area contributed by atoms with Gasteiger partial charge in [-0.3, -0.25) is 9.59 Å². The van der Waals surface area contributed by atoms with Crippen LogP contribution in [0.25, 0.3) is 0 Å². The van der Waals surface area contributed by atoms with Crippen molar-refractivity contribution < 1.29 is 18.4 Å². The molecule has 2 atom stereocenters. The van der Waals surface area contributed by atoms with E-state index in [1.54, 1.807) is 12.1 Å². The minimum absolute atomic E-state index is 0.0522. The van der Waals surface area contributed by atoms with Gasteiger partial charge in [0.15, 0.2) is 0 Å². The molecule has 0 aromatic heterocycles. The second-order valence-electron chi connectivity index (χ2n) is 8.55. The number of carbonyl (C=O) groups is 2. The van der Waals surface area contributed by atoms with Crippen LogP contribution >= 0.6 is 11.6 Å². The zero-order chi connectivity index (χ0) is 25.4. The van der Waals surface area contributed by atoms with Crippen LogP contribution in [0.1, 0.15) is 37.0 Å². The zero-order valence-electron chi connectivity index (χ0n) is 19.8. The number of halogens is 3. The van der Waals surface area contributed by atoms with Gasteiger partial charge in [-0.1, -0.05) is 67.1 Å². The third-order valence-electron chi connectivity index (χ3n) is 5.93. The molecular weight excluding hydrogens is 470 g/mol. The Labute approximate surface area is 209 Å². The van der Waals surface area contributed by atoms with Crippen LogP contribution in [0.15, 0.2) is 72.8 Å². The smallest absolute Gasteiger partial charge is 0.243 e. The Hall–Kier alpha value is -3.25. The number of amides is 2. The lowest BCUT2D eigenvalue weighted by Crippen LogP contribution is -2.52. The molecule has 1 N–H and O–H groups in total. The van der Waals surface area contributed by atoms with Crippen LogP contribution in [-0.2, 0) is 29.0 Å². The average molecular weight is 499 g/mol. The predicted molar refractivity (Wildman–Crippen MR) is 134 cm³/mol. The highest BCUT2D eigenvalue weighted by Gasteiger charge is 2.31. The molecule has 3 aromatic carbocycles. The number of hydrogen-bond acceptors (Lipinski definition) is 2. The molecule has 184 valence electrons. The molecule has 0 aliphatic heterocycles. The fourth-order valence-electron chi connectivity index (χ4n) is 3.74. The van der Waals surface area contributed by atoms with Crippen molar-refractivity contribution in [2.75, 3.05) is 0 Å². The molecule has 2 amide bonds. The third-order valence-corrected chi connectivity index (χ3v) is 6.28. The van der Waals surface area contributed by atoms with E-state index in [2.05, 4.69) is 5.32 Å². The van der Waals surface area contributed by atoms with Gasteiger partial charge in [-0.15, -0.1) is 0 Å². The molecule has 0 radical (unpaired) electrons. The van der Waals surface area contributed by atoms with E-state index in [-0.39, 0.29) is 41.9 Å². The van der Waals surface area contributed by atoms with E-state index in [0.717, 1.165) is 12.0 Å². The maximum Gasteiger partial charge on any atom is 0.243 e. The summed E-state index contributed by atoms with van der Waals surface area (Å²) in [5.41, 5.74) is 1.59. The molecule has 3 aromatic rings. The molecule has 0 spiro atoms. The normalized spacial score (nSPS) is 12.6. The summed E-state index contributed by atoms with van der Waals surface area (Å²) in [7, 11) is 0. The fraction of sp³-hybridized carbons (Fsp3) is 0.286. The first-order valence-corrected chi connectivity index (χ1v) is 12.0. The summed E-state index contributed by atoms with van der Waals surface area (Å²) in [4.78, 5) is 28.5. The summed E-state index contributed by atoms with van der Waals surface area (Å²) in [6, 6.07) is 18.4. The highest BCUT2D eigenvalue weighted by Crippen LogP contribution is 2.22. The molecule has 0 heterocycles. The Bertz CT molecular complexity index is 1120. The Morgan fingerprint density at radius 1 is 0.943 bits per heavy atom. The van der Waals surface area contributed by atoms with Gasteiger partial charge >= 0.3 is 0 Å². The molecular formula is C28H29ClF2N2O2. The molecule has 2 unspecified atom stereocenters. The number of rotatable bonds is 10. The molecule has 35 heavy (non-hydrogen) atoms. The monoisotopic (exact) mass is 498 g/mol. The van der Waals surface area contributed by atoms with Crippen LogP contribution in [0, 0.1) is 11.6 Å². The van der Waals surface area contributed by atoms with E-state index in [1.165, 1.54) is 35.2 Å².